The maximum absolute atomic E-state index is 6.19. The monoisotopic (exact) mass is 243 g/mol. The zero-order valence-electron chi connectivity index (χ0n) is 10.6. The van der Waals surface area contributed by atoms with Crippen molar-refractivity contribution in [3.05, 3.63) is 53.6 Å². The van der Waals surface area contributed by atoms with Crippen molar-refractivity contribution in [2.75, 3.05) is 6.61 Å². The lowest BCUT2D eigenvalue weighted by Gasteiger charge is -2.13. The number of aromatic nitrogens is 2. The smallest absolute Gasteiger partial charge is 0.137 e. The molecule has 1 unspecified atom stereocenters. The molecule has 0 saturated heterocycles. The van der Waals surface area contributed by atoms with Crippen molar-refractivity contribution < 1.29 is 4.74 Å². The number of hydrogen-bond acceptors (Lipinski definition) is 4. The van der Waals surface area contributed by atoms with Gasteiger partial charge in [0.05, 0.1) is 24.5 Å². The summed E-state index contributed by atoms with van der Waals surface area (Å²) in [6.07, 6.45) is 5.20. The van der Waals surface area contributed by atoms with Gasteiger partial charge in [0.25, 0.3) is 0 Å². The summed E-state index contributed by atoms with van der Waals surface area (Å²) in [6, 6.07) is 5.56. The minimum Gasteiger partial charge on any atom is -0.492 e. The van der Waals surface area contributed by atoms with Crippen LogP contribution in [0, 0.1) is 6.92 Å². The highest BCUT2D eigenvalue weighted by Crippen LogP contribution is 2.21. The molecular weight excluding hydrogens is 226 g/mol. The second kappa shape index (κ2) is 5.60. The van der Waals surface area contributed by atoms with E-state index in [9.17, 15) is 0 Å². The fourth-order valence-corrected chi connectivity index (χ4v) is 1.75. The van der Waals surface area contributed by atoms with Crippen molar-refractivity contribution in [3.8, 4) is 5.75 Å². The molecule has 0 radical (unpaired) electrons. The fraction of sp³-hybridized carbons (Fsp3) is 0.286. The largest absolute Gasteiger partial charge is 0.492 e. The molecule has 0 aliphatic heterocycles. The summed E-state index contributed by atoms with van der Waals surface area (Å²) < 4.78 is 5.42. The number of nitrogens with two attached hydrogens (primary N) is 1. The first-order valence-corrected chi connectivity index (χ1v) is 5.96. The average molecular weight is 243 g/mol. The van der Waals surface area contributed by atoms with Crippen LogP contribution in [0.15, 0.2) is 36.8 Å². The summed E-state index contributed by atoms with van der Waals surface area (Å²) in [5.41, 5.74) is 9.08. The molecule has 4 nitrogen and oxygen atoms in total. The number of hydrogen-bond donors (Lipinski definition) is 1. The molecule has 0 aliphatic carbocycles. The summed E-state index contributed by atoms with van der Waals surface area (Å²) in [7, 11) is 0. The van der Waals surface area contributed by atoms with Gasteiger partial charge in [-0.15, -0.1) is 0 Å². The molecule has 4 heteroatoms. The van der Waals surface area contributed by atoms with Crippen molar-refractivity contribution in [3.63, 3.8) is 0 Å². The Morgan fingerprint density at radius 3 is 2.89 bits per heavy atom. The number of pyridine rings is 2. The van der Waals surface area contributed by atoms with Crippen LogP contribution in [-0.2, 0) is 0 Å². The average Bonchev–Trinajstić information content (AvgIpc) is 2.39. The van der Waals surface area contributed by atoms with E-state index in [0.29, 0.717) is 6.61 Å². The topological polar surface area (TPSA) is 61.0 Å². The lowest BCUT2D eigenvalue weighted by Crippen LogP contribution is -2.14. The van der Waals surface area contributed by atoms with Crippen LogP contribution >= 0.6 is 0 Å². The standard InChI is InChI=1S/C14H17N3O/c1-3-18-12-7-11(8-16-9-12)14(15)13-6-10(2)4-5-17-13/h4-9,14H,3,15H2,1-2H3. The first-order valence-electron chi connectivity index (χ1n) is 5.96. The minimum absolute atomic E-state index is 0.280. The van der Waals surface area contributed by atoms with Crippen LogP contribution in [0.4, 0.5) is 0 Å². The van der Waals surface area contributed by atoms with Crippen LogP contribution < -0.4 is 10.5 Å². The van der Waals surface area contributed by atoms with Crippen molar-refractivity contribution >= 4 is 0 Å². The molecule has 0 aromatic carbocycles. The zero-order valence-corrected chi connectivity index (χ0v) is 10.6. The molecule has 0 aliphatic rings. The molecule has 1 atom stereocenters. The Kier molecular flexibility index (Phi) is 3.89. The number of aryl methyl sites for hydroxylation is 1. The summed E-state index contributed by atoms with van der Waals surface area (Å²) in [4.78, 5) is 8.44. The van der Waals surface area contributed by atoms with E-state index in [2.05, 4.69) is 9.97 Å². The minimum atomic E-state index is -0.280. The van der Waals surface area contributed by atoms with E-state index in [4.69, 9.17) is 10.5 Å². The van der Waals surface area contributed by atoms with Crippen molar-refractivity contribution in [1.29, 1.82) is 0 Å². The van der Waals surface area contributed by atoms with Crippen LogP contribution in [0.2, 0.25) is 0 Å². The van der Waals surface area contributed by atoms with Gasteiger partial charge in [0, 0.05) is 12.4 Å². The fourth-order valence-electron chi connectivity index (χ4n) is 1.75. The molecule has 2 rings (SSSR count). The van der Waals surface area contributed by atoms with E-state index in [0.717, 1.165) is 22.6 Å². The Balaban J connectivity index is 2.27. The van der Waals surface area contributed by atoms with E-state index in [1.165, 1.54) is 0 Å². The van der Waals surface area contributed by atoms with Gasteiger partial charge in [-0.25, -0.2) is 0 Å². The Labute approximate surface area is 107 Å². The SMILES string of the molecule is CCOc1cncc(C(N)c2cc(C)ccn2)c1. The first kappa shape index (κ1) is 12.5. The normalized spacial score (nSPS) is 12.2. The highest BCUT2D eigenvalue weighted by atomic mass is 16.5. The molecular formula is C14H17N3O. The molecule has 0 bridgehead atoms. The van der Waals surface area contributed by atoms with E-state index < -0.39 is 0 Å². The van der Waals surface area contributed by atoms with Gasteiger partial charge >= 0.3 is 0 Å². The highest BCUT2D eigenvalue weighted by Gasteiger charge is 2.11. The third-order valence-electron chi connectivity index (χ3n) is 2.66. The second-order valence-corrected chi connectivity index (χ2v) is 4.12. The Morgan fingerprint density at radius 1 is 1.33 bits per heavy atom. The molecule has 0 spiro atoms. The van der Waals surface area contributed by atoms with Gasteiger partial charge in [0.1, 0.15) is 5.75 Å². The van der Waals surface area contributed by atoms with Gasteiger partial charge in [0.2, 0.25) is 0 Å². The summed E-state index contributed by atoms with van der Waals surface area (Å²) in [6.45, 7) is 4.57. The Hall–Kier alpha value is -1.94. The van der Waals surface area contributed by atoms with E-state index >= 15 is 0 Å². The third kappa shape index (κ3) is 2.84. The van der Waals surface area contributed by atoms with Crippen molar-refractivity contribution in [2.24, 2.45) is 5.73 Å². The van der Waals surface area contributed by atoms with E-state index in [-0.39, 0.29) is 6.04 Å². The van der Waals surface area contributed by atoms with Gasteiger partial charge in [-0.05, 0) is 43.2 Å². The molecule has 0 fully saturated rings. The maximum atomic E-state index is 6.19. The zero-order chi connectivity index (χ0) is 13.0. The molecule has 2 heterocycles. The summed E-state index contributed by atoms with van der Waals surface area (Å²) >= 11 is 0. The van der Waals surface area contributed by atoms with Crippen molar-refractivity contribution in [1.82, 2.24) is 9.97 Å². The third-order valence-corrected chi connectivity index (χ3v) is 2.66. The highest BCUT2D eigenvalue weighted by molar-refractivity contribution is 5.31. The molecule has 2 N–H and O–H groups in total. The van der Waals surface area contributed by atoms with Gasteiger partial charge in [0.15, 0.2) is 0 Å². The lowest BCUT2D eigenvalue weighted by molar-refractivity contribution is 0.338. The van der Waals surface area contributed by atoms with Crippen LogP contribution in [-0.4, -0.2) is 16.6 Å². The number of ether oxygens (including phenoxy) is 1. The molecule has 2 aromatic rings. The maximum Gasteiger partial charge on any atom is 0.137 e. The number of nitrogens with zero attached hydrogens (tertiary/aromatic N) is 2. The molecule has 18 heavy (non-hydrogen) atoms. The first-order chi connectivity index (χ1) is 8.70. The van der Waals surface area contributed by atoms with Crippen LogP contribution in [0.25, 0.3) is 0 Å². The molecule has 0 amide bonds. The van der Waals surface area contributed by atoms with Gasteiger partial charge in [-0.1, -0.05) is 0 Å². The van der Waals surface area contributed by atoms with Gasteiger partial charge in [-0.3, -0.25) is 9.97 Å². The second-order valence-electron chi connectivity index (χ2n) is 4.12. The molecule has 0 saturated carbocycles. The van der Waals surface area contributed by atoms with Crippen LogP contribution in [0.5, 0.6) is 5.75 Å². The predicted molar refractivity (Wildman–Crippen MR) is 70.4 cm³/mol. The van der Waals surface area contributed by atoms with Gasteiger partial charge in [-0.2, -0.15) is 0 Å². The van der Waals surface area contributed by atoms with Crippen LogP contribution in [0.1, 0.15) is 29.8 Å². The summed E-state index contributed by atoms with van der Waals surface area (Å²) in [5, 5.41) is 0. The van der Waals surface area contributed by atoms with Gasteiger partial charge < -0.3 is 10.5 Å². The lowest BCUT2D eigenvalue weighted by atomic mass is 10.0. The molecule has 94 valence electrons. The summed E-state index contributed by atoms with van der Waals surface area (Å²) in [5.74, 6) is 0.734. The quantitative estimate of drug-likeness (QED) is 0.894. The van der Waals surface area contributed by atoms with E-state index in [1.807, 2.05) is 32.0 Å². The van der Waals surface area contributed by atoms with Crippen LogP contribution in [0.3, 0.4) is 0 Å². The predicted octanol–water partition coefficient (Wildman–Crippen LogP) is 2.23. The van der Waals surface area contributed by atoms with E-state index in [1.54, 1.807) is 18.6 Å². The molecule has 2 aromatic heterocycles. The Bertz CT molecular complexity index is 528. The number of rotatable bonds is 4. The Morgan fingerprint density at radius 2 is 2.17 bits per heavy atom. The van der Waals surface area contributed by atoms with Crippen molar-refractivity contribution in [2.45, 2.75) is 19.9 Å².